The number of aryl methyl sites for hydroxylation is 1. The predicted molar refractivity (Wildman–Crippen MR) is 79.6 cm³/mol. The standard InChI is InChI=1S/C14H17N3O2S/c1-11-5-4-6-12(9-11)16-14-8-7-13(10-15-14)20(18,19)17(2)3/h4-10H,1-3H3,(H,15,16). The van der Waals surface area contributed by atoms with Gasteiger partial charge >= 0.3 is 0 Å². The summed E-state index contributed by atoms with van der Waals surface area (Å²) in [7, 11) is -0.442. The van der Waals surface area contributed by atoms with E-state index in [-0.39, 0.29) is 4.90 Å². The van der Waals surface area contributed by atoms with Crippen LogP contribution >= 0.6 is 0 Å². The third kappa shape index (κ3) is 3.15. The molecule has 0 aliphatic rings. The number of hydrogen-bond acceptors (Lipinski definition) is 4. The van der Waals surface area contributed by atoms with Gasteiger partial charge in [-0.15, -0.1) is 0 Å². The molecule has 1 aromatic heterocycles. The molecule has 0 unspecified atom stereocenters. The monoisotopic (exact) mass is 291 g/mol. The van der Waals surface area contributed by atoms with Gasteiger partial charge in [-0.25, -0.2) is 17.7 Å². The van der Waals surface area contributed by atoms with E-state index in [1.165, 1.54) is 20.3 Å². The lowest BCUT2D eigenvalue weighted by atomic mass is 10.2. The molecule has 0 atom stereocenters. The normalized spacial score (nSPS) is 11.6. The molecule has 1 aromatic carbocycles. The summed E-state index contributed by atoms with van der Waals surface area (Å²) in [5.41, 5.74) is 2.06. The molecule has 0 radical (unpaired) electrons. The van der Waals surface area contributed by atoms with E-state index >= 15 is 0 Å². The molecule has 0 spiro atoms. The van der Waals surface area contributed by atoms with Gasteiger partial charge in [-0.2, -0.15) is 0 Å². The Balaban J connectivity index is 2.21. The van der Waals surface area contributed by atoms with Crippen LogP contribution in [0.15, 0.2) is 47.5 Å². The summed E-state index contributed by atoms with van der Waals surface area (Å²) in [5, 5.41) is 3.13. The van der Waals surface area contributed by atoms with Crippen LogP contribution in [0.4, 0.5) is 11.5 Å². The van der Waals surface area contributed by atoms with Crippen LogP contribution in [0.3, 0.4) is 0 Å². The molecule has 0 aliphatic carbocycles. The van der Waals surface area contributed by atoms with Crippen molar-refractivity contribution in [1.82, 2.24) is 9.29 Å². The summed E-state index contributed by atoms with van der Waals surface area (Å²) in [5.74, 6) is 0.605. The molecule has 5 nitrogen and oxygen atoms in total. The van der Waals surface area contributed by atoms with Crippen molar-refractivity contribution in [1.29, 1.82) is 0 Å². The SMILES string of the molecule is Cc1cccc(Nc2ccc(S(=O)(=O)N(C)C)cn2)c1. The maximum atomic E-state index is 11.9. The predicted octanol–water partition coefficient (Wildman–Crippen LogP) is 2.38. The fraction of sp³-hybridized carbons (Fsp3) is 0.214. The van der Waals surface area contributed by atoms with Gasteiger partial charge in [0.1, 0.15) is 10.7 Å². The molecular weight excluding hydrogens is 274 g/mol. The van der Waals surface area contributed by atoms with Crippen molar-refractivity contribution in [3.63, 3.8) is 0 Å². The van der Waals surface area contributed by atoms with Crippen molar-refractivity contribution < 1.29 is 8.42 Å². The second-order valence-electron chi connectivity index (χ2n) is 4.66. The first-order valence-electron chi connectivity index (χ1n) is 6.12. The van der Waals surface area contributed by atoms with Crippen molar-refractivity contribution >= 4 is 21.5 Å². The van der Waals surface area contributed by atoms with E-state index in [4.69, 9.17) is 0 Å². The van der Waals surface area contributed by atoms with Gasteiger partial charge in [-0.05, 0) is 36.8 Å². The van der Waals surface area contributed by atoms with E-state index in [0.717, 1.165) is 15.6 Å². The van der Waals surface area contributed by atoms with Crippen molar-refractivity contribution in [3.05, 3.63) is 48.2 Å². The molecule has 0 saturated heterocycles. The van der Waals surface area contributed by atoms with Gasteiger partial charge < -0.3 is 5.32 Å². The third-order valence-electron chi connectivity index (χ3n) is 2.81. The molecule has 0 bridgehead atoms. The van der Waals surface area contributed by atoms with E-state index in [9.17, 15) is 8.42 Å². The molecule has 2 aromatic rings. The maximum absolute atomic E-state index is 11.9. The van der Waals surface area contributed by atoms with Crippen molar-refractivity contribution in [2.45, 2.75) is 11.8 Å². The number of anilines is 2. The molecule has 106 valence electrons. The topological polar surface area (TPSA) is 62.3 Å². The number of aromatic nitrogens is 1. The van der Waals surface area contributed by atoms with Crippen LogP contribution in [-0.2, 0) is 10.0 Å². The third-order valence-corrected chi connectivity index (χ3v) is 4.60. The molecule has 0 saturated carbocycles. The molecule has 1 N–H and O–H groups in total. The van der Waals surface area contributed by atoms with Gasteiger partial charge in [0.2, 0.25) is 10.0 Å². The van der Waals surface area contributed by atoms with Gasteiger partial charge in [-0.3, -0.25) is 0 Å². The number of sulfonamides is 1. The highest BCUT2D eigenvalue weighted by atomic mass is 32.2. The Morgan fingerprint density at radius 1 is 1.15 bits per heavy atom. The van der Waals surface area contributed by atoms with E-state index in [1.807, 2.05) is 31.2 Å². The largest absolute Gasteiger partial charge is 0.340 e. The number of nitrogens with one attached hydrogen (secondary N) is 1. The maximum Gasteiger partial charge on any atom is 0.244 e. The molecule has 0 fully saturated rings. The van der Waals surface area contributed by atoms with E-state index < -0.39 is 10.0 Å². The average Bonchev–Trinajstić information content (AvgIpc) is 2.39. The Kier molecular flexibility index (Phi) is 4.06. The summed E-state index contributed by atoms with van der Waals surface area (Å²) in [6.45, 7) is 2.01. The lowest BCUT2D eigenvalue weighted by Gasteiger charge is -2.11. The number of nitrogens with zero attached hydrogens (tertiary/aromatic N) is 2. The minimum absolute atomic E-state index is 0.178. The first kappa shape index (κ1) is 14.5. The fourth-order valence-electron chi connectivity index (χ4n) is 1.69. The highest BCUT2D eigenvalue weighted by Gasteiger charge is 2.17. The second-order valence-corrected chi connectivity index (χ2v) is 6.81. The number of benzene rings is 1. The van der Waals surface area contributed by atoms with E-state index in [0.29, 0.717) is 5.82 Å². The Morgan fingerprint density at radius 2 is 1.90 bits per heavy atom. The Bertz CT molecular complexity index is 695. The number of hydrogen-bond donors (Lipinski definition) is 1. The first-order valence-corrected chi connectivity index (χ1v) is 7.56. The van der Waals surface area contributed by atoms with Crippen LogP contribution in [0.1, 0.15) is 5.56 Å². The summed E-state index contributed by atoms with van der Waals surface area (Å²) < 4.78 is 25.0. The summed E-state index contributed by atoms with van der Waals surface area (Å²) >= 11 is 0. The molecule has 20 heavy (non-hydrogen) atoms. The van der Waals surface area contributed by atoms with Gasteiger partial charge in [0.05, 0.1) is 0 Å². The molecule has 0 aliphatic heterocycles. The van der Waals surface area contributed by atoms with Gasteiger partial charge in [-0.1, -0.05) is 12.1 Å². The van der Waals surface area contributed by atoms with Crippen LogP contribution in [0.25, 0.3) is 0 Å². The van der Waals surface area contributed by atoms with Gasteiger partial charge in [0, 0.05) is 26.0 Å². The van der Waals surface area contributed by atoms with Crippen LogP contribution in [0, 0.1) is 6.92 Å². The van der Waals surface area contributed by atoms with Crippen LogP contribution in [-0.4, -0.2) is 31.8 Å². The Morgan fingerprint density at radius 3 is 2.45 bits per heavy atom. The zero-order valence-corrected chi connectivity index (χ0v) is 12.5. The fourth-order valence-corrected chi connectivity index (χ4v) is 2.54. The average molecular weight is 291 g/mol. The molecule has 2 rings (SSSR count). The van der Waals surface area contributed by atoms with Gasteiger partial charge in [0.25, 0.3) is 0 Å². The molecule has 1 heterocycles. The molecular formula is C14H17N3O2S. The molecule has 0 amide bonds. The number of rotatable bonds is 4. The van der Waals surface area contributed by atoms with Crippen LogP contribution < -0.4 is 5.32 Å². The summed E-state index contributed by atoms with van der Waals surface area (Å²) in [4.78, 5) is 4.31. The van der Waals surface area contributed by atoms with E-state index in [2.05, 4.69) is 10.3 Å². The minimum Gasteiger partial charge on any atom is -0.340 e. The lowest BCUT2D eigenvalue weighted by molar-refractivity contribution is 0.520. The Hall–Kier alpha value is -1.92. The minimum atomic E-state index is -3.43. The zero-order valence-electron chi connectivity index (χ0n) is 11.7. The van der Waals surface area contributed by atoms with Crippen molar-refractivity contribution in [2.24, 2.45) is 0 Å². The summed E-state index contributed by atoms with van der Waals surface area (Å²) in [6.07, 6.45) is 1.35. The highest BCUT2D eigenvalue weighted by Crippen LogP contribution is 2.18. The van der Waals surface area contributed by atoms with Crippen molar-refractivity contribution in [3.8, 4) is 0 Å². The quantitative estimate of drug-likeness (QED) is 0.939. The first-order chi connectivity index (χ1) is 9.39. The van der Waals surface area contributed by atoms with Crippen LogP contribution in [0.5, 0.6) is 0 Å². The Labute approximate surface area is 119 Å². The highest BCUT2D eigenvalue weighted by molar-refractivity contribution is 7.89. The van der Waals surface area contributed by atoms with Gasteiger partial charge in [0.15, 0.2) is 0 Å². The van der Waals surface area contributed by atoms with E-state index in [1.54, 1.807) is 12.1 Å². The lowest BCUT2D eigenvalue weighted by Crippen LogP contribution is -2.22. The van der Waals surface area contributed by atoms with Crippen LogP contribution in [0.2, 0.25) is 0 Å². The molecule has 6 heteroatoms. The zero-order chi connectivity index (χ0) is 14.8. The smallest absolute Gasteiger partial charge is 0.244 e. The van der Waals surface area contributed by atoms with Crippen molar-refractivity contribution in [2.75, 3.05) is 19.4 Å². The number of pyridine rings is 1. The second kappa shape index (κ2) is 5.60. The summed E-state index contributed by atoms with van der Waals surface area (Å²) in [6, 6.07) is 11.1.